The van der Waals surface area contributed by atoms with Crippen LogP contribution >= 0.6 is 11.3 Å². The molecule has 0 spiro atoms. The lowest BCUT2D eigenvalue weighted by Gasteiger charge is -2.16. The van der Waals surface area contributed by atoms with Crippen LogP contribution in [0.2, 0.25) is 0 Å². The van der Waals surface area contributed by atoms with Gasteiger partial charge in [0.1, 0.15) is 0 Å². The molecule has 1 atom stereocenters. The maximum atomic E-state index is 11.7. The van der Waals surface area contributed by atoms with Gasteiger partial charge in [-0.25, -0.2) is 4.79 Å². The van der Waals surface area contributed by atoms with Crippen molar-refractivity contribution in [2.75, 3.05) is 18.5 Å². The van der Waals surface area contributed by atoms with Gasteiger partial charge in [-0.3, -0.25) is 5.32 Å². The highest BCUT2D eigenvalue weighted by Gasteiger charge is 2.11. The monoisotopic (exact) mass is 304 g/mol. The Kier molecular flexibility index (Phi) is 6.24. The second-order valence-corrected chi connectivity index (χ2v) is 5.71. The van der Waals surface area contributed by atoms with E-state index in [0.717, 1.165) is 11.4 Å². The molecule has 112 valence electrons. The van der Waals surface area contributed by atoms with E-state index in [2.05, 4.69) is 22.8 Å². The Morgan fingerprint density at radius 3 is 2.62 bits per heavy atom. The predicted molar refractivity (Wildman–Crippen MR) is 86.8 cm³/mol. The van der Waals surface area contributed by atoms with Gasteiger partial charge in [0.2, 0.25) is 0 Å². The molecule has 0 radical (unpaired) electrons. The average Bonchev–Trinajstić information content (AvgIpc) is 3.00. The number of urea groups is 1. The van der Waals surface area contributed by atoms with Gasteiger partial charge in [0, 0.05) is 13.2 Å². The van der Waals surface area contributed by atoms with E-state index >= 15 is 0 Å². The molecule has 21 heavy (non-hydrogen) atoms. The highest BCUT2D eigenvalue weighted by molar-refractivity contribution is 7.14. The molecule has 0 saturated heterocycles. The number of thiophene rings is 1. The van der Waals surface area contributed by atoms with Gasteiger partial charge in [0.25, 0.3) is 0 Å². The number of rotatable bonds is 7. The van der Waals surface area contributed by atoms with Crippen LogP contribution < -0.4 is 10.6 Å². The standard InChI is InChI=1S/C16H20N2O2S/c19-11-9-14(13-5-2-1-3-6-13)8-10-17-16(20)18-15-7-4-12-21-15/h1-7,12,14,19H,8-11H2,(H2,17,18,20). The Hall–Kier alpha value is -1.85. The Balaban J connectivity index is 1.78. The van der Waals surface area contributed by atoms with Crippen LogP contribution in [0.3, 0.4) is 0 Å². The van der Waals surface area contributed by atoms with Crippen LogP contribution in [-0.4, -0.2) is 24.3 Å². The Bertz CT molecular complexity index is 528. The zero-order chi connectivity index (χ0) is 14.9. The smallest absolute Gasteiger partial charge is 0.319 e. The van der Waals surface area contributed by atoms with Crippen molar-refractivity contribution < 1.29 is 9.90 Å². The van der Waals surface area contributed by atoms with Crippen LogP contribution in [0.4, 0.5) is 9.80 Å². The van der Waals surface area contributed by atoms with Crippen molar-refractivity contribution in [1.82, 2.24) is 5.32 Å². The highest BCUT2D eigenvalue weighted by Crippen LogP contribution is 2.22. The van der Waals surface area contributed by atoms with Crippen LogP contribution in [0.25, 0.3) is 0 Å². The molecule has 2 amide bonds. The Morgan fingerprint density at radius 1 is 1.14 bits per heavy atom. The van der Waals surface area contributed by atoms with Crippen LogP contribution in [0, 0.1) is 0 Å². The van der Waals surface area contributed by atoms with E-state index < -0.39 is 0 Å². The number of carbonyl (C=O) groups excluding carboxylic acids is 1. The molecular formula is C16H20N2O2S. The third-order valence-electron chi connectivity index (χ3n) is 3.28. The van der Waals surface area contributed by atoms with E-state index in [1.54, 1.807) is 0 Å². The first kappa shape index (κ1) is 15.5. The summed E-state index contributed by atoms with van der Waals surface area (Å²) in [6, 6.07) is 13.7. The maximum absolute atomic E-state index is 11.7. The van der Waals surface area contributed by atoms with Gasteiger partial charge in [-0.2, -0.15) is 0 Å². The van der Waals surface area contributed by atoms with Crippen molar-refractivity contribution in [3.63, 3.8) is 0 Å². The Morgan fingerprint density at radius 2 is 1.95 bits per heavy atom. The number of benzene rings is 1. The highest BCUT2D eigenvalue weighted by atomic mass is 32.1. The molecule has 2 rings (SSSR count). The molecule has 0 fully saturated rings. The second kappa shape index (κ2) is 8.44. The van der Waals surface area contributed by atoms with Gasteiger partial charge in [-0.1, -0.05) is 30.3 Å². The summed E-state index contributed by atoms with van der Waals surface area (Å²) in [6.07, 6.45) is 1.51. The molecule has 2 aromatic rings. The van der Waals surface area contributed by atoms with Crippen LogP contribution in [0.1, 0.15) is 24.3 Å². The first-order chi connectivity index (χ1) is 10.3. The first-order valence-electron chi connectivity index (χ1n) is 7.03. The number of nitrogens with one attached hydrogen (secondary N) is 2. The number of carbonyl (C=O) groups is 1. The topological polar surface area (TPSA) is 61.4 Å². The molecule has 1 aromatic carbocycles. The van der Waals surface area contributed by atoms with Gasteiger partial charge in [0.15, 0.2) is 0 Å². The summed E-state index contributed by atoms with van der Waals surface area (Å²) in [5.74, 6) is 0.262. The van der Waals surface area contributed by atoms with Crippen molar-refractivity contribution in [2.24, 2.45) is 0 Å². The third kappa shape index (κ3) is 5.21. The van der Waals surface area contributed by atoms with Gasteiger partial charge in [0.05, 0.1) is 5.00 Å². The molecule has 1 unspecified atom stereocenters. The maximum Gasteiger partial charge on any atom is 0.319 e. The molecule has 0 aliphatic rings. The quantitative estimate of drug-likeness (QED) is 0.734. The van der Waals surface area contributed by atoms with Crippen molar-refractivity contribution in [3.05, 3.63) is 53.4 Å². The van der Waals surface area contributed by atoms with Crippen molar-refractivity contribution in [3.8, 4) is 0 Å². The molecule has 4 nitrogen and oxygen atoms in total. The third-order valence-corrected chi connectivity index (χ3v) is 4.07. The number of amides is 2. The van der Waals surface area contributed by atoms with E-state index in [1.807, 2.05) is 35.7 Å². The molecule has 3 N–H and O–H groups in total. The van der Waals surface area contributed by atoms with Crippen molar-refractivity contribution in [2.45, 2.75) is 18.8 Å². The lowest BCUT2D eigenvalue weighted by atomic mass is 9.93. The molecule has 1 aromatic heterocycles. The number of hydrogen-bond acceptors (Lipinski definition) is 3. The van der Waals surface area contributed by atoms with E-state index in [1.165, 1.54) is 16.9 Å². The van der Waals surface area contributed by atoms with Crippen LogP contribution in [-0.2, 0) is 0 Å². The van der Waals surface area contributed by atoms with Crippen molar-refractivity contribution in [1.29, 1.82) is 0 Å². The van der Waals surface area contributed by atoms with Crippen LogP contribution in [0.5, 0.6) is 0 Å². The minimum Gasteiger partial charge on any atom is -0.396 e. The zero-order valence-electron chi connectivity index (χ0n) is 11.8. The predicted octanol–water partition coefficient (Wildman–Crippen LogP) is 3.43. The van der Waals surface area contributed by atoms with E-state index in [9.17, 15) is 9.90 Å². The summed E-state index contributed by atoms with van der Waals surface area (Å²) in [5, 5.41) is 17.6. The molecule has 1 heterocycles. The molecule has 5 heteroatoms. The minimum absolute atomic E-state index is 0.154. The fourth-order valence-electron chi connectivity index (χ4n) is 2.22. The number of hydrogen-bond donors (Lipinski definition) is 3. The van der Waals surface area contributed by atoms with E-state index in [0.29, 0.717) is 13.0 Å². The summed E-state index contributed by atoms with van der Waals surface area (Å²) in [7, 11) is 0. The summed E-state index contributed by atoms with van der Waals surface area (Å²) in [4.78, 5) is 11.7. The van der Waals surface area contributed by atoms with Crippen LogP contribution in [0.15, 0.2) is 47.8 Å². The van der Waals surface area contributed by atoms with Gasteiger partial charge in [-0.05, 0) is 41.8 Å². The summed E-state index contributed by atoms with van der Waals surface area (Å²) in [5.41, 5.74) is 1.20. The first-order valence-corrected chi connectivity index (χ1v) is 7.91. The number of aliphatic hydroxyl groups is 1. The molecule has 0 aliphatic carbocycles. The number of anilines is 1. The Labute approximate surface area is 128 Å². The zero-order valence-corrected chi connectivity index (χ0v) is 12.6. The largest absolute Gasteiger partial charge is 0.396 e. The summed E-state index contributed by atoms with van der Waals surface area (Å²) < 4.78 is 0. The van der Waals surface area contributed by atoms with Crippen molar-refractivity contribution >= 4 is 22.4 Å². The fourth-order valence-corrected chi connectivity index (χ4v) is 2.84. The normalized spacial score (nSPS) is 11.9. The molecule has 0 aliphatic heterocycles. The van der Waals surface area contributed by atoms with Gasteiger partial charge < -0.3 is 10.4 Å². The summed E-state index contributed by atoms with van der Waals surface area (Å²) >= 11 is 1.49. The molecular weight excluding hydrogens is 284 g/mol. The minimum atomic E-state index is -0.187. The summed E-state index contributed by atoms with van der Waals surface area (Å²) in [6.45, 7) is 0.734. The average molecular weight is 304 g/mol. The number of aliphatic hydroxyl groups excluding tert-OH is 1. The second-order valence-electron chi connectivity index (χ2n) is 4.77. The van der Waals surface area contributed by atoms with E-state index in [-0.39, 0.29) is 18.6 Å². The fraction of sp³-hybridized carbons (Fsp3) is 0.312. The molecule has 0 bridgehead atoms. The lowest BCUT2D eigenvalue weighted by Crippen LogP contribution is -2.30. The van der Waals surface area contributed by atoms with E-state index in [4.69, 9.17) is 0 Å². The van der Waals surface area contributed by atoms with Gasteiger partial charge >= 0.3 is 6.03 Å². The SMILES string of the molecule is O=C(NCCC(CCO)c1ccccc1)Nc1cccs1. The lowest BCUT2D eigenvalue weighted by molar-refractivity contribution is 0.250. The van der Waals surface area contributed by atoms with Gasteiger partial charge in [-0.15, -0.1) is 11.3 Å². The molecule has 0 saturated carbocycles.